The lowest BCUT2D eigenvalue weighted by atomic mass is 10.1. The van der Waals surface area contributed by atoms with Gasteiger partial charge in [-0.25, -0.2) is 4.79 Å². The van der Waals surface area contributed by atoms with Crippen LogP contribution in [0.4, 0.5) is 10.5 Å². The van der Waals surface area contributed by atoms with Gasteiger partial charge in [0.05, 0.1) is 5.69 Å². The molecule has 0 unspecified atom stereocenters. The van der Waals surface area contributed by atoms with Gasteiger partial charge in [0.1, 0.15) is 7.11 Å². The first kappa shape index (κ1) is 15.6. The first-order chi connectivity index (χ1) is 9.20. The molecule has 0 atom stereocenters. The van der Waals surface area contributed by atoms with Crippen molar-refractivity contribution in [2.24, 2.45) is 10.9 Å². The zero-order valence-corrected chi connectivity index (χ0v) is 11.6. The Bertz CT molecular complexity index is 625. The summed E-state index contributed by atoms with van der Waals surface area (Å²) < 4.78 is 0. The Morgan fingerprint density at radius 2 is 1.90 bits per heavy atom. The number of benzene rings is 2. The van der Waals surface area contributed by atoms with Crippen LogP contribution in [-0.4, -0.2) is 19.1 Å². The van der Waals surface area contributed by atoms with E-state index in [0.29, 0.717) is 5.69 Å². The molecule has 7 heteroatoms. The molecule has 0 radical (unpaired) electrons. The fourth-order valence-electron chi connectivity index (χ4n) is 1.73. The van der Waals surface area contributed by atoms with E-state index in [1.54, 1.807) is 0 Å². The number of urea groups is 1. The minimum Gasteiger partial charge on any atom is -0.396 e. The highest BCUT2D eigenvalue weighted by atomic mass is 35.5. The number of nitrogens with two attached hydrogens (primary N) is 1. The van der Waals surface area contributed by atoms with Gasteiger partial charge in [0, 0.05) is 5.39 Å². The van der Waals surface area contributed by atoms with E-state index >= 15 is 0 Å². The summed E-state index contributed by atoms with van der Waals surface area (Å²) >= 11 is 0. The second kappa shape index (κ2) is 7.20. The SMILES string of the molecule is CON=C(N)NC(=O)Nc1cccc2ccccc12.Cl. The van der Waals surface area contributed by atoms with Crippen molar-refractivity contribution in [2.45, 2.75) is 0 Å². The Labute approximate surface area is 122 Å². The normalized spacial score (nSPS) is 10.6. The number of anilines is 1. The number of oxime groups is 1. The van der Waals surface area contributed by atoms with Crippen molar-refractivity contribution in [3.63, 3.8) is 0 Å². The van der Waals surface area contributed by atoms with Gasteiger partial charge < -0.3 is 15.9 Å². The van der Waals surface area contributed by atoms with Crippen LogP contribution >= 0.6 is 12.4 Å². The first-order valence-corrected chi connectivity index (χ1v) is 5.63. The molecule has 4 N–H and O–H groups in total. The average Bonchev–Trinajstić information content (AvgIpc) is 2.39. The van der Waals surface area contributed by atoms with E-state index in [4.69, 9.17) is 5.73 Å². The van der Waals surface area contributed by atoms with Crippen LogP contribution in [0.1, 0.15) is 0 Å². The van der Waals surface area contributed by atoms with Crippen molar-refractivity contribution in [1.29, 1.82) is 0 Å². The Kier molecular flexibility index (Phi) is 5.61. The van der Waals surface area contributed by atoms with Gasteiger partial charge >= 0.3 is 6.03 Å². The molecule has 6 nitrogen and oxygen atoms in total. The van der Waals surface area contributed by atoms with Crippen molar-refractivity contribution in [1.82, 2.24) is 5.32 Å². The third-order valence-electron chi connectivity index (χ3n) is 2.47. The Morgan fingerprint density at radius 1 is 1.20 bits per heavy atom. The number of fused-ring (bicyclic) bond motifs is 1. The predicted molar refractivity (Wildman–Crippen MR) is 82.0 cm³/mol. The van der Waals surface area contributed by atoms with Crippen LogP contribution in [0.3, 0.4) is 0 Å². The summed E-state index contributed by atoms with van der Waals surface area (Å²) in [6, 6.07) is 12.9. The van der Waals surface area contributed by atoms with Gasteiger partial charge in [-0.1, -0.05) is 36.4 Å². The number of carbonyl (C=O) groups excluding carboxylic acids is 1. The first-order valence-electron chi connectivity index (χ1n) is 5.63. The molecule has 0 saturated heterocycles. The van der Waals surface area contributed by atoms with Gasteiger partial charge in [0.25, 0.3) is 0 Å². The van der Waals surface area contributed by atoms with Gasteiger partial charge in [-0.3, -0.25) is 5.32 Å². The summed E-state index contributed by atoms with van der Waals surface area (Å²) in [5.74, 6) is -0.111. The van der Waals surface area contributed by atoms with Crippen molar-refractivity contribution in [3.8, 4) is 0 Å². The highest BCUT2D eigenvalue weighted by Gasteiger charge is 2.06. The molecule has 0 saturated carbocycles. The predicted octanol–water partition coefficient (Wildman–Crippen LogP) is 2.26. The maximum atomic E-state index is 11.7. The van der Waals surface area contributed by atoms with Crippen LogP contribution in [0, 0.1) is 0 Å². The standard InChI is InChI=1S/C13H14N4O2.ClH/c1-19-17-12(14)16-13(18)15-11-8-4-6-9-5-2-3-7-10(9)11;/h2-8H,1H3,(H4,14,15,16,17,18);1H. The van der Waals surface area contributed by atoms with Crippen LogP contribution < -0.4 is 16.4 Å². The smallest absolute Gasteiger partial charge is 0.326 e. The van der Waals surface area contributed by atoms with Crippen LogP contribution in [0.15, 0.2) is 47.6 Å². The molecular formula is C13H15ClN4O2. The summed E-state index contributed by atoms with van der Waals surface area (Å²) in [5, 5.41) is 10.4. The molecule has 106 valence electrons. The van der Waals surface area contributed by atoms with E-state index in [0.717, 1.165) is 10.8 Å². The van der Waals surface area contributed by atoms with Gasteiger partial charge in [0.15, 0.2) is 0 Å². The summed E-state index contributed by atoms with van der Waals surface area (Å²) in [5.41, 5.74) is 6.10. The van der Waals surface area contributed by atoms with Crippen molar-refractivity contribution >= 4 is 40.9 Å². The number of amides is 2. The molecule has 2 amide bonds. The number of halogens is 1. The van der Waals surface area contributed by atoms with E-state index in [9.17, 15) is 4.79 Å². The van der Waals surface area contributed by atoms with E-state index in [1.807, 2.05) is 42.5 Å². The molecule has 0 spiro atoms. The highest BCUT2D eigenvalue weighted by molar-refractivity contribution is 6.06. The quantitative estimate of drug-likeness (QED) is 0.451. The van der Waals surface area contributed by atoms with Crippen molar-refractivity contribution in [2.75, 3.05) is 12.4 Å². The Hall–Kier alpha value is -2.47. The number of rotatable bonds is 2. The lowest BCUT2D eigenvalue weighted by Gasteiger charge is -2.09. The van der Waals surface area contributed by atoms with E-state index in [2.05, 4.69) is 20.6 Å². The van der Waals surface area contributed by atoms with Crippen molar-refractivity contribution in [3.05, 3.63) is 42.5 Å². The summed E-state index contributed by atoms with van der Waals surface area (Å²) in [6.45, 7) is 0. The Balaban J connectivity index is 0.00000200. The summed E-state index contributed by atoms with van der Waals surface area (Å²) in [7, 11) is 1.34. The van der Waals surface area contributed by atoms with Gasteiger partial charge in [0.2, 0.25) is 5.96 Å². The minimum atomic E-state index is -0.477. The average molecular weight is 295 g/mol. The minimum absolute atomic E-state index is 0. The number of nitrogens with one attached hydrogen (secondary N) is 2. The summed E-state index contributed by atoms with van der Waals surface area (Å²) in [4.78, 5) is 16.1. The zero-order valence-electron chi connectivity index (χ0n) is 10.8. The molecule has 0 aliphatic heterocycles. The molecule has 0 bridgehead atoms. The second-order valence-electron chi connectivity index (χ2n) is 3.76. The largest absolute Gasteiger partial charge is 0.396 e. The number of hydrogen-bond acceptors (Lipinski definition) is 3. The van der Waals surface area contributed by atoms with Gasteiger partial charge in [-0.05, 0) is 16.6 Å². The second-order valence-corrected chi connectivity index (χ2v) is 3.76. The number of carbonyl (C=O) groups is 1. The topological polar surface area (TPSA) is 88.7 Å². The fourth-order valence-corrected chi connectivity index (χ4v) is 1.73. The lowest BCUT2D eigenvalue weighted by Crippen LogP contribution is -2.39. The number of hydrogen-bond donors (Lipinski definition) is 3. The molecule has 0 heterocycles. The molecule has 2 rings (SSSR count). The lowest BCUT2D eigenvalue weighted by molar-refractivity contribution is 0.211. The van der Waals surface area contributed by atoms with E-state index in [1.165, 1.54) is 7.11 Å². The fraction of sp³-hybridized carbons (Fsp3) is 0.0769. The number of guanidine groups is 1. The molecule has 0 aliphatic carbocycles. The maximum absolute atomic E-state index is 11.7. The maximum Gasteiger partial charge on any atom is 0.326 e. The van der Waals surface area contributed by atoms with Crippen LogP contribution in [-0.2, 0) is 4.84 Å². The van der Waals surface area contributed by atoms with Crippen LogP contribution in [0.25, 0.3) is 10.8 Å². The molecule has 2 aromatic carbocycles. The van der Waals surface area contributed by atoms with Crippen LogP contribution in [0.2, 0.25) is 0 Å². The highest BCUT2D eigenvalue weighted by Crippen LogP contribution is 2.22. The Morgan fingerprint density at radius 3 is 2.65 bits per heavy atom. The molecular weight excluding hydrogens is 280 g/mol. The molecule has 0 fully saturated rings. The van der Waals surface area contributed by atoms with Gasteiger partial charge in [-0.15, -0.1) is 12.4 Å². The zero-order chi connectivity index (χ0) is 13.7. The monoisotopic (exact) mass is 294 g/mol. The molecule has 0 aromatic heterocycles. The molecule has 0 aliphatic rings. The van der Waals surface area contributed by atoms with Crippen LogP contribution in [0.5, 0.6) is 0 Å². The van der Waals surface area contributed by atoms with Crippen molar-refractivity contribution < 1.29 is 9.63 Å². The molecule has 20 heavy (non-hydrogen) atoms. The summed E-state index contributed by atoms with van der Waals surface area (Å²) in [6.07, 6.45) is 0. The number of nitrogens with zero attached hydrogens (tertiary/aromatic N) is 1. The van der Waals surface area contributed by atoms with E-state index < -0.39 is 6.03 Å². The molecule has 2 aromatic rings. The third-order valence-corrected chi connectivity index (χ3v) is 2.47. The van der Waals surface area contributed by atoms with Gasteiger partial charge in [-0.2, -0.15) is 0 Å². The third kappa shape index (κ3) is 3.76. The van der Waals surface area contributed by atoms with E-state index in [-0.39, 0.29) is 18.4 Å².